The highest BCUT2D eigenvalue weighted by atomic mass is 33.1. The van der Waals surface area contributed by atoms with E-state index in [9.17, 15) is 45.6 Å². The standard InChI is InChI=1S/C68H91N3O14S6/c1-38-17-43-31-87-86-30-39-14-15-68(26-38)52(43)12-13-56(74)65-51-32-88-89-33-55(69-27-39)47-11-10-45(22-53(47)68)85-61-21-41-8-9-44(83-36-72)23-57(75)49(18-40-19-62(81-2)66(79)63(20-40)84-37-73)60(78)34-90-91-64(48(41)24-59(61)77)25-58(76)46-6-3-5-42-28-71(29-50(42)46)35-82-16-4-7-54(65)70-67(51)80/h3,5-6,19-21,24,28-29,38-39,43-45,47,49,51-58,60,64-65,69,72-79H,4,7-13,16-18,22-23,25-27,30-37H2,1-2H3,(H,70,80). The van der Waals surface area contributed by atoms with E-state index in [0.29, 0.717) is 67.6 Å². The molecule has 4 fully saturated rings. The van der Waals surface area contributed by atoms with Crippen LogP contribution in [-0.2, 0) is 33.8 Å². The maximum atomic E-state index is 14.2. The first-order chi connectivity index (χ1) is 44.2. The minimum atomic E-state index is -1.14. The number of phenolic OH excluding ortho intramolecular Hbond substituents is 2. The molecule has 2 aliphatic carbocycles. The van der Waals surface area contributed by atoms with Gasteiger partial charge in [0.2, 0.25) is 11.7 Å². The zero-order chi connectivity index (χ0) is 63.3. The average Bonchev–Trinajstić information content (AvgIpc) is 1.02. The number of methoxy groups -OCH3 is 1. The van der Waals surface area contributed by atoms with Gasteiger partial charge in [0.05, 0.1) is 49.7 Å². The van der Waals surface area contributed by atoms with Crippen LogP contribution in [0.5, 0.6) is 28.7 Å². The summed E-state index contributed by atoms with van der Waals surface area (Å²) < 4.78 is 32.5. The Hall–Kier alpha value is -3.03. The van der Waals surface area contributed by atoms with E-state index >= 15 is 0 Å². The van der Waals surface area contributed by atoms with Gasteiger partial charge in [-0.25, -0.2) is 0 Å². The van der Waals surface area contributed by atoms with E-state index in [1.165, 1.54) is 28.7 Å². The normalized spacial score (nSPS) is 36.2. The van der Waals surface area contributed by atoms with Crippen molar-refractivity contribution in [2.75, 3.05) is 62.6 Å². The Morgan fingerprint density at radius 2 is 1.64 bits per heavy atom. The third-order valence-electron chi connectivity index (χ3n) is 21.3. The number of rotatable bonds is 7. The zero-order valence-corrected chi connectivity index (χ0v) is 56.9. The van der Waals surface area contributed by atoms with Crippen molar-refractivity contribution < 1.29 is 69.3 Å². The lowest BCUT2D eigenvalue weighted by Crippen LogP contribution is -2.55. The smallest absolute Gasteiger partial charge is 0.224 e. The van der Waals surface area contributed by atoms with Crippen LogP contribution in [-0.4, -0.2) is 157 Å². The number of hydrogen-bond acceptors (Lipinski definition) is 21. The average molecular weight is 1370 g/mol. The molecule has 7 aliphatic heterocycles. The summed E-state index contributed by atoms with van der Waals surface area (Å²) in [5, 5.41) is 102. The maximum absolute atomic E-state index is 14.2. The molecule has 4 aromatic rings. The number of carbonyl (C=O) groups excluding carboxylic acids is 1. The number of amides is 1. The lowest BCUT2D eigenvalue weighted by molar-refractivity contribution is -0.123. The molecule has 2 saturated carbocycles. The molecule has 10 N–H and O–H groups in total. The molecule has 8 heterocycles. The third-order valence-corrected chi connectivity index (χ3v) is 29.1. The van der Waals surface area contributed by atoms with Crippen molar-refractivity contribution in [2.45, 2.75) is 158 Å². The first-order valence-electron chi connectivity index (χ1n) is 32.8. The van der Waals surface area contributed by atoms with E-state index in [1.807, 2.05) is 73.6 Å². The number of ether oxygens (including phenoxy) is 5. The number of benzene rings is 3. The molecule has 1 spiro atoms. The maximum Gasteiger partial charge on any atom is 0.224 e. The summed E-state index contributed by atoms with van der Waals surface area (Å²) >= 11 is 0. The molecule has 1 aromatic heterocycles. The number of hydrogen-bond donors (Lipinski definition) is 10. The number of aliphatic hydroxyl groups is 6. The molecule has 13 rings (SSSR count). The highest BCUT2D eigenvalue weighted by molar-refractivity contribution is 8.77. The van der Waals surface area contributed by atoms with Crippen LogP contribution in [0.4, 0.5) is 0 Å². The summed E-state index contributed by atoms with van der Waals surface area (Å²) in [6.07, 6.45) is 7.51. The van der Waals surface area contributed by atoms with Gasteiger partial charge >= 0.3 is 0 Å². The summed E-state index contributed by atoms with van der Waals surface area (Å²) in [7, 11) is 11.9. The summed E-state index contributed by atoms with van der Waals surface area (Å²) in [5.74, 6) is 12.2. The molecular formula is C68H91N3O14S6. The molecule has 91 heavy (non-hydrogen) atoms. The van der Waals surface area contributed by atoms with Gasteiger partial charge in [-0.05, 0) is 171 Å². The lowest BCUT2D eigenvalue weighted by atomic mass is 9.48. The summed E-state index contributed by atoms with van der Waals surface area (Å²) in [6, 6.07) is 12.8. The fraction of sp³-hybridized carbons (Fsp3) is 0.662. The topological polar surface area (TPSA) is 254 Å². The number of aliphatic hydroxyl groups excluding tert-OH is 6. The van der Waals surface area contributed by atoms with E-state index in [0.717, 1.165) is 89.8 Å². The Kier molecular flexibility index (Phi) is 23.1. The van der Waals surface area contributed by atoms with Crippen molar-refractivity contribution in [3.8, 4) is 40.6 Å². The van der Waals surface area contributed by atoms with Crippen LogP contribution in [0, 0.1) is 70.5 Å². The number of fused-ring (bicyclic) bond motifs is 7. The molecule has 2 saturated heterocycles. The second-order valence-electron chi connectivity index (χ2n) is 26.9. The lowest BCUT2D eigenvalue weighted by Gasteiger charge is -2.56. The highest BCUT2D eigenvalue weighted by Gasteiger charge is 2.57. The van der Waals surface area contributed by atoms with Crippen LogP contribution < -0.4 is 24.8 Å². The van der Waals surface area contributed by atoms with Crippen LogP contribution in [0.1, 0.15) is 118 Å². The minimum absolute atomic E-state index is 0.0139. The number of phenols is 2. The Labute approximate surface area is 558 Å². The van der Waals surface area contributed by atoms with Gasteiger partial charge < -0.3 is 79.7 Å². The van der Waals surface area contributed by atoms with Crippen molar-refractivity contribution >= 4 is 81.4 Å². The molecule has 19 unspecified atom stereocenters. The third kappa shape index (κ3) is 15.4. The van der Waals surface area contributed by atoms with Crippen molar-refractivity contribution in [1.29, 1.82) is 0 Å². The van der Waals surface area contributed by atoms with E-state index in [4.69, 9.17) is 23.7 Å². The van der Waals surface area contributed by atoms with E-state index in [1.54, 1.807) is 29.0 Å². The number of nitrogens with zero attached hydrogens (tertiary/aromatic N) is 1. The summed E-state index contributed by atoms with van der Waals surface area (Å²) in [6.45, 7) is 2.64. The second-order valence-corrected chi connectivity index (χ2v) is 34.6. The predicted octanol–water partition coefficient (Wildman–Crippen LogP) is 10.0. The quantitative estimate of drug-likeness (QED) is 0.0469. The van der Waals surface area contributed by atoms with Crippen LogP contribution in [0.25, 0.3) is 10.8 Å². The van der Waals surface area contributed by atoms with Gasteiger partial charge in [-0.2, -0.15) is 0 Å². The molecule has 17 nitrogen and oxygen atoms in total. The molecule has 1 amide bonds. The second kappa shape index (κ2) is 31.0. The van der Waals surface area contributed by atoms with Gasteiger partial charge in [0.25, 0.3) is 0 Å². The molecule has 498 valence electrons. The molecule has 3 aromatic carbocycles. The number of aryl methyl sites for hydroxylation is 1. The minimum Gasteiger partial charge on any atom is -0.504 e. The Bertz CT molecular complexity index is 3190. The van der Waals surface area contributed by atoms with Crippen molar-refractivity contribution in [2.24, 2.45) is 58.7 Å². The number of aromatic hydroxyl groups is 2. The molecular weight excluding hydrogens is 1280 g/mol. The first-order valence-corrected chi connectivity index (χ1v) is 40.2. The summed E-state index contributed by atoms with van der Waals surface area (Å²) in [4.78, 5) is 14.2. The van der Waals surface area contributed by atoms with Gasteiger partial charge in [-0.3, -0.25) is 4.79 Å². The van der Waals surface area contributed by atoms with Gasteiger partial charge in [-0.15, -0.1) is 0 Å². The summed E-state index contributed by atoms with van der Waals surface area (Å²) in [5.41, 5.74) is 2.57. The van der Waals surface area contributed by atoms with Crippen LogP contribution in [0.2, 0.25) is 0 Å². The Morgan fingerprint density at radius 1 is 0.802 bits per heavy atom. The number of aromatic nitrogens is 1. The van der Waals surface area contributed by atoms with Crippen molar-refractivity contribution in [3.05, 3.63) is 77.1 Å². The van der Waals surface area contributed by atoms with Crippen molar-refractivity contribution in [3.63, 3.8) is 0 Å². The fourth-order valence-corrected chi connectivity index (χ4v) is 25.3. The molecule has 0 radical (unpaired) electrons. The van der Waals surface area contributed by atoms with Gasteiger partial charge in [0.15, 0.2) is 29.8 Å². The SMILES string of the molecule is COc1cc(CC2C(O)CSSC3CC(O)c4cccc5cn(cc45)COCCCC4NC(=O)C5CSSCC6NCC7C#CC8(CC(C)CC(CSSC7)C8CCC(O)C45)C4CC(CCC64)Oc4cc(c3cc4O)CCC(OCO)CC2O)cc(OCO)c1O. The fourth-order valence-electron chi connectivity index (χ4n) is 17.0. The monoisotopic (exact) mass is 1370 g/mol. The number of nitrogens with one attached hydrogen (secondary N) is 2. The van der Waals surface area contributed by atoms with Gasteiger partial charge in [0.1, 0.15) is 13.5 Å². The van der Waals surface area contributed by atoms with Gasteiger partial charge in [-0.1, -0.05) is 102 Å². The van der Waals surface area contributed by atoms with E-state index in [2.05, 4.69) is 29.4 Å². The molecule has 9 aliphatic rings. The molecule has 13 bridgehead atoms. The van der Waals surface area contributed by atoms with Crippen molar-refractivity contribution in [1.82, 2.24) is 15.2 Å². The van der Waals surface area contributed by atoms with Crippen LogP contribution in [0.3, 0.4) is 0 Å². The Morgan fingerprint density at radius 3 is 2.48 bits per heavy atom. The van der Waals surface area contributed by atoms with E-state index in [-0.39, 0.29) is 120 Å². The Balaban J connectivity index is 0.942. The van der Waals surface area contributed by atoms with E-state index < -0.39 is 55.3 Å². The van der Waals surface area contributed by atoms with Crippen LogP contribution in [0.15, 0.2) is 54.9 Å². The molecule has 19 atom stereocenters. The highest BCUT2D eigenvalue weighted by Crippen LogP contribution is 2.61. The largest absolute Gasteiger partial charge is 0.504 e. The first kappa shape index (κ1) is 67.9. The van der Waals surface area contributed by atoms with Gasteiger partial charge in [0, 0.05) is 100 Å². The predicted molar refractivity (Wildman–Crippen MR) is 364 cm³/mol. The zero-order valence-electron chi connectivity index (χ0n) is 52.0. The van der Waals surface area contributed by atoms with Crippen LogP contribution >= 0.6 is 64.8 Å². The number of carbonyl (C=O) groups is 1. The molecule has 23 heteroatoms.